The maximum Gasteiger partial charge on any atom is 0.294 e. The van der Waals surface area contributed by atoms with E-state index in [1.165, 1.54) is 0 Å². The van der Waals surface area contributed by atoms with Gasteiger partial charge in [0.2, 0.25) is 0 Å². The number of aromatic amines is 1. The zero-order chi connectivity index (χ0) is 15.4. The zero-order valence-electron chi connectivity index (χ0n) is 12.0. The van der Waals surface area contributed by atoms with Gasteiger partial charge in [-0.2, -0.15) is 0 Å². The number of hydrogen-bond donors (Lipinski definition) is 1. The smallest absolute Gasteiger partial charge is 0.294 e. The fraction of sp³-hybridized carbons (Fsp3) is 0.250. The van der Waals surface area contributed by atoms with Crippen molar-refractivity contribution >= 4 is 22.6 Å². The molecule has 0 aliphatic heterocycles. The molecule has 0 aliphatic rings. The number of carbonyl (C=O) groups excluding carboxylic acids is 2. The Morgan fingerprint density at radius 3 is 2.43 bits per heavy atom. The quantitative estimate of drug-likeness (QED) is 0.507. The van der Waals surface area contributed by atoms with E-state index in [-0.39, 0.29) is 5.69 Å². The van der Waals surface area contributed by atoms with Gasteiger partial charge in [-0.15, -0.1) is 0 Å². The summed E-state index contributed by atoms with van der Waals surface area (Å²) in [7, 11) is 3.98. The molecular formula is C16H17ClN2O2. The van der Waals surface area contributed by atoms with Crippen molar-refractivity contribution in [2.45, 2.75) is 6.42 Å². The Labute approximate surface area is 128 Å². The van der Waals surface area contributed by atoms with Gasteiger partial charge < -0.3 is 9.88 Å². The molecule has 1 heterocycles. The first kappa shape index (κ1) is 15.5. The lowest BCUT2D eigenvalue weighted by Gasteiger charge is -2.10. The van der Waals surface area contributed by atoms with E-state index in [0.717, 1.165) is 29.7 Å². The molecule has 0 fully saturated rings. The molecule has 0 radical (unpaired) electrons. The number of likely N-dealkylation sites (N-methyl/N-ethyl adjacent to an activating group) is 1. The van der Waals surface area contributed by atoms with Crippen molar-refractivity contribution in [3.05, 3.63) is 47.8 Å². The molecule has 4 nitrogen and oxygen atoms in total. The van der Waals surface area contributed by atoms with Crippen molar-refractivity contribution in [1.29, 1.82) is 0 Å². The van der Waals surface area contributed by atoms with Crippen LogP contribution in [0.15, 0.2) is 36.5 Å². The minimum Gasteiger partial charge on any atom is -0.358 e. The number of hydrogen-bond acceptors (Lipinski definition) is 3. The van der Waals surface area contributed by atoms with Crippen LogP contribution in [0.25, 0.3) is 11.1 Å². The van der Waals surface area contributed by atoms with Gasteiger partial charge in [0.25, 0.3) is 11.0 Å². The third kappa shape index (κ3) is 3.60. The Balaban J connectivity index is 2.48. The van der Waals surface area contributed by atoms with E-state index in [9.17, 15) is 9.59 Å². The highest BCUT2D eigenvalue weighted by molar-refractivity contribution is 6.83. The molecule has 110 valence electrons. The average molecular weight is 305 g/mol. The summed E-state index contributed by atoms with van der Waals surface area (Å²) in [5, 5.41) is -0.979. The number of aromatic nitrogens is 1. The van der Waals surface area contributed by atoms with Crippen LogP contribution < -0.4 is 0 Å². The summed E-state index contributed by atoms with van der Waals surface area (Å²) in [6, 6.07) is 9.53. The SMILES string of the molecule is CN(C)CCc1c[nH]c(C(=O)C(=O)Cl)c1-c1ccccc1. The molecule has 1 aromatic heterocycles. The number of ketones is 1. The zero-order valence-corrected chi connectivity index (χ0v) is 12.8. The van der Waals surface area contributed by atoms with Crippen LogP contribution in [-0.2, 0) is 11.2 Å². The molecule has 0 atom stereocenters. The van der Waals surface area contributed by atoms with E-state index in [1.807, 2.05) is 44.4 Å². The van der Waals surface area contributed by atoms with Crippen LogP contribution >= 0.6 is 11.6 Å². The first-order chi connectivity index (χ1) is 10.0. The Hall–Kier alpha value is -1.91. The number of carbonyl (C=O) groups is 2. The Morgan fingerprint density at radius 2 is 1.86 bits per heavy atom. The van der Waals surface area contributed by atoms with Crippen molar-refractivity contribution in [3.8, 4) is 11.1 Å². The van der Waals surface area contributed by atoms with E-state index in [0.29, 0.717) is 0 Å². The molecule has 0 spiro atoms. The van der Waals surface area contributed by atoms with Crippen LogP contribution in [0.4, 0.5) is 0 Å². The number of H-pyrrole nitrogens is 1. The van der Waals surface area contributed by atoms with Crippen LogP contribution in [0, 0.1) is 0 Å². The fourth-order valence-electron chi connectivity index (χ4n) is 2.22. The van der Waals surface area contributed by atoms with Gasteiger partial charge in [0.05, 0.1) is 5.69 Å². The van der Waals surface area contributed by atoms with E-state index in [2.05, 4.69) is 9.88 Å². The van der Waals surface area contributed by atoms with Crippen LogP contribution in [0.2, 0.25) is 0 Å². The average Bonchev–Trinajstić information content (AvgIpc) is 2.88. The van der Waals surface area contributed by atoms with E-state index in [4.69, 9.17) is 11.6 Å². The second kappa shape index (κ2) is 6.70. The van der Waals surface area contributed by atoms with Gasteiger partial charge >= 0.3 is 0 Å². The molecule has 2 rings (SSSR count). The second-order valence-electron chi connectivity index (χ2n) is 5.09. The van der Waals surface area contributed by atoms with Gasteiger partial charge in [-0.1, -0.05) is 30.3 Å². The largest absolute Gasteiger partial charge is 0.358 e. The molecule has 1 N–H and O–H groups in total. The molecule has 1 aromatic carbocycles. The lowest BCUT2D eigenvalue weighted by Crippen LogP contribution is -2.15. The molecule has 0 saturated heterocycles. The van der Waals surface area contributed by atoms with E-state index < -0.39 is 11.0 Å². The highest BCUT2D eigenvalue weighted by Crippen LogP contribution is 2.28. The van der Waals surface area contributed by atoms with Crippen molar-refractivity contribution in [1.82, 2.24) is 9.88 Å². The maximum absolute atomic E-state index is 12.0. The number of rotatable bonds is 6. The van der Waals surface area contributed by atoms with Crippen molar-refractivity contribution in [2.75, 3.05) is 20.6 Å². The van der Waals surface area contributed by atoms with Crippen molar-refractivity contribution < 1.29 is 9.59 Å². The number of benzene rings is 1. The molecule has 0 amide bonds. The third-order valence-corrected chi connectivity index (χ3v) is 3.43. The van der Waals surface area contributed by atoms with Gasteiger partial charge in [0.1, 0.15) is 0 Å². The highest BCUT2D eigenvalue weighted by atomic mass is 35.5. The minimum absolute atomic E-state index is 0.259. The summed E-state index contributed by atoms with van der Waals surface area (Å²) >= 11 is 5.34. The van der Waals surface area contributed by atoms with Gasteiger partial charge in [0.15, 0.2) is 0 Å². The minimum atomic E-state index is -0.979. The number of halogens is 1. The monoisotopic (exact) mass is 304 g/mol. The summed E-state index contributed by atoms with van der Waals surface area (Å²) in [6.45, 7) is 0.847. The summed E-state index contributed by atoms with van der Waals surface area (Å²) in [5.74, 6) is -0.702. The van der Waals surface area contributed by atoms with Gasteiger partial charge in [-0.05, 0) is 43.2 Å². The molecule has 5 heteroatoms. The molecule has 0 bridgehead atoms. The summed E-state index contributed by atoms with van der Waals surface area (Å²) in [4.78, 5) is 28.1. The Kier molecular flexibility index (Phi) is 4.94. The molecule has 2 aromatic rings. The summed E-state index contributed by atoms with van der Waals surface area (Å²) in [5.41, 5.74) is 2.91. The maximum atomic E-state index is 12.0. The predicted octanol–water partition coefficient (Wildman–Crippen LogP) is 2.73. The summed E-state index contributed by atoms with van der Waals surface area (Å²) in [6.07, 6.45) is 2.55. The normalized spacial score (nSPS) is 10.9. The van der Waals surface area contributed by atoms with E-state index in [1.54, 1.807) is 6.20 Å². The topological polar surface area (TPSA) is 53.2 Å². The molecular weight excluding hydrogens is 288 g/mol. The standard InChI is InChI=1S/C16H17ClN2O2/c1-19(2)9-8-12-10-18-14(15(20)16(17)21)13(12)11-6-4-3-5-7-11/h3-7,10,18H,8-9H2,1-2H3. The first-order valence-corrected chi connectivity index (χ1v) is 7.03. The van der Waals surface area contributed by atoms with Gasteiger partial charge in [-0.25, -0.2) is 0 Å². The molecule has 21 heavy (non-hydrogen) atoms. The number of Topliss-reactive ketones (excluding diaryl/α,β-unsaturated/α-hetero) is 1. The second-order valence-corrected chi connectivity index (χ2v) is 5.43. The first-order valence-electron chi connectivity index (χ1n) is 6.65. The Bertz CT molecular complexity index is 648. The van der Waals surface area contributed by atoms with Crippen LogP contribution in [0.3, 0.4) is 0 Å². The van der Waals surface area contributed by atoms with Crippen LogP contribution in [-0.4, -0.2) is 41.5 Å². The third-order valence-electron chi connectivity index (χ3n) is 3.26. The van der Waals surface area contributed by atoms with E-state index >= 15 is 0 Å². The molecule has 0 saturated carbocycles. The van der Waals surface area contributed by atoms with Crippen LogP contribution in [0.5, 0.6) is 0 Å². The van der Waals surface area contributed by atoms with Gasteiger partial charge in [-0.3, -0.25) is 9.59 Å². The molecule has 0 aliphatic carbocycles. The fourth-order valence-corrected chi connectivity index (χ4v) is 2.31. The van der Waals surface area contributed by atoms with Gasteiger partial charge in [0, 0.05) is 18.3 Å². The predicted molar refractivity (Wildman–Crippen MR) is 83.7 cm³/mol. The number of nitrogens with zero attached hydrogens (tertiary/aromatic N) is 1. The summed E-state index contributed by atoms with van der Waals surface area (Å²) < 4.78 is 0. The lowest BCUT2D eigenvalue weighted by atomic mass is 9.98. The molecule has 0 unspecified atom stereocenters. The Morgan fingerprint density at radius 1 is 1.19 bits per heavy atom. The van der Waals surface area contributed by atoms with Crippen molar-refractivity contribution in [2.24, 2.45) is 0 Å². The highest BCUT2D eigenvalue weighted by Gasteiger charge is 2.22. The lowest BCUT2D eigenvalue weighted by molar-refractivity contribution is -0.108. The number of nitrogens with one attached hydrogen (secondary N) is 1. The van der Waals surface area contributed by atoms with Crippen molar-refractivity contribution in [3.63, 3.8) is 0 Å². The van der Waals surface area contributed by atoms with Crippen LogP contribution in [0.1, 0.15) is 16.1 Å².